The number of hydrogen-bond donors (Lipinski definition) is 0. The molecule has 1 aliphatic heterocycles. The van der Waals surface area contributed by atoms with Gasteiger partial charge >= 0.3 is 0 Å². The normalized spacial score (nSPS) is 18.7. The predicted octanol–water partition coefficient (Wildman–Crippen LogP) is 6.05. The molecule has 0 saturated heterocycles. The molecule has 5 rings (SSSR count). The standard InChI is InChI=1S/C26H23NO2/c1-2-3-16-26(17-18-10-5-4-6-11-18)24(28)21-14-9-13-20-19-12-7-8-15-22(19)27(23(20)21)25(26)29/h4-15H,2-3,16-17H2,1H3/t26-/m1/s1. The van der Waals surface area contributed by atoms with Crippen LogP contribution in [0.3, 0.4) is 0 Å². The Morgan fingerprint density at radius 3 is 2.34 bits per heavy atom. The van der Waals surface area contributed by atoms with E-state index in [0.29, 0.717) is 18.4 Å². The van der Waals surface area contributed by atoms with Gasteiger partial charge in [0.2, 0.25) is 5.91 Å². The van der Waals surface area contributed by atoms with Crippen molar-refractivity contribution in [3.05, 3.63) is 83.9 Å². The maximum Gasteiger partial charge on any atom is 0.246 e. The van der Waals surface area contributed by atoms with E-state index in [9.17, 15) is 9.59 Å². The van der Waals surface area contributed by atoms with E-state index < -0.39 is 5.41 Å². The van der Waals surface area contributed by atoms with E-state index in [-0.39, 0.29) is 11.7 Å². The smallest absolute Gasteiger partial charge is 0.246 e. The van der Waals surface area contributed by atoms with Crippen molar-refractivity contribution >= 4 is 33.5 Å². The summed E-state index contributed by atoms with van der Waals surface area (Å²) in [7, 11) is 0. The van der Waals surface area contributed by atoms with Gasteiger partial charge in [0.25, 0.3) is 0 Å². The van der Waals surface area contributed by atoms with Gasteiger partial charge in [-0.25, -0.2) is 0 Å². The molecule has 144 valence electrons. The van der Waals surface area contributed by atoms with Gasteiger partial charge in [-0.05, 0) is 30.5 Å². The SMILES string of the molecule is CCCC[C@@]1(Cc2ccccc2)C(=O)c2cccc3c4ccccc4n(c23)C1=O. The summed E-state index contributed by atoms with van der Waals surface area (Å²) in [5.41, 5.74) is 2.30. The first-order valence-corrected chi connectivity index (χ1v) is 10.3. The molecular formula is C26H23NO2. The van der Waals surface area contributed by atoms with Crippen molar-refractivity contribution in [2.75, 3.05) is 0 Å². The van der Waals surface area contributed by atoms with Crippen molar-refractivity contribution < 1.29 is 9.59 Å². The molecule has 1 aliphatic rings. The Balaban J connectivity index is 1.80. The molecule has 0 bridgehead atoms. The Labute approximate surface area is 170 Å². The third-order valence-electron chi connectivity index (χ3n) is 6.29. The summed E-state index contributed by atoms with van der Waals surface area (Å²) in [6.07, 6.45) is 2.79. The number of unbranched alkanes of at least 4 members (excludes halogenated alkanes) is 1. The third-order valence-corrected chi connectivity index (χ3v) is 6.29. The van der Waals surface area contributed by atoms with Crippen LogP contribution in [0.2, 0.25) is 0 Å². The number of carbonyl (C=O) groups is 2. The molecule has 3 nitrogen and oxygen atoms in total. The van der Waals surface area contributed by atoms with Crippen LogP contribution in [0.25, 0.3) is 21.8 Å². The topological polar surface area (TPSA) is 39.1 Å². The molecule has 0 unspecified atom stereocenters. The van der Waals surface area contributed by atoms with E-state index in [2.05, 4.69) is 6.92 Å². The van der Waals surface area contributed by atoms with Crippen molar-refractivity contribution in [2.45, 2.75) is 32.6 Å². The highest BCUT2D eigenvalue weighted by molar-refractivity contribution is 6.29. The van der Waals surface area contributed by atoms with Crippen LogP contribution in [0.5, 0.6) is 0 Å². The van der Waals surface area contributed by atoms with Crippen LogP contribution in [-0.4, -0.2) is 16.3 Å². The first kappa shape index (κ1) is 17.9. The molecule has 0 aliphatic carbocycles. The number of aromatic nitrogens is 1. The summed E-state index contributed by atoms with van der Waals surface area (Å²) in [5, 5.41) is 2.00. The summed E-state index contributed by atoms with van der Waals surface area (Å²) < 4.78 is 1.82. The first-order chi connectivity index (χ1) is 14.2. The number of Topliss-reactive ketones (excluding diaryl/α,β-unsaturated/α-hetero) is 1. The van der Waals surface area contributed by atoms with Crippen LogP contribution < -0.4 is 0 Å². The highest BCUT2D eigenvalue weighted by atomic mass is 16.2. The maximum atomic E-state index is 14.1. The number of rotatable bonds is 5. The molecule has 1 atom stereocenters. The lowest BCUT2D eigenvalue weighted by Crippen LogP contribution is -2.47. The second-order valence-electron chi connectivity index (χ2n) is 8.04. The number of hydrogen-bond acceptors (Lipinski definition) is 2. The van der Waals surface area contributed by atoms with E-state index in [1.807, 2.05) is 77.4 Å². The van der Waals surface area contributed by atoms with E-state index in [1.54, 1.807) is 0 Å². The van der Waals surface area contributed by atoms with Gasteiger partial charge in [-0.15, -0.1) is 0 Å². The number of fused-ring (bicyclic) bond motifs is 3. The van der Waals surface area contributed by atoms with Gasteiger partial charge in [-0.2, -0.15) is 0 Å². The zero-order valence-corrected chi connectivity index (χ0v) is 16.5. The van der Waals surface area contributed by atoms with Crippen LogP contribution >= 0.6 is 0 Å². The lowest BCUT2D eigenvalue weighted by molar-refractivity contribution is 0.0574. The fraction of sp³-hybridized carbons (Fsp3) is 0.231. The molecule has 0 radical (unpaired) electrons. The Kier molecular flexibility index (Phi) is 4.13. The third kappa shape index (κ3) is 2.50. The zero-order chi connectivity index (χ0) is 20.0. The lowest BCUT2D eigenvalue weighted by Gasteiger charge is -2.35. The van der Waals surface area contributed by atoms with Crippen LogP contribution in [0.4, 0.5) is 0 Å². The van der Waals surface area contributed by atoms with Crippen LogP contribution in [0.15, 0.2) is 72.8 Å². The average Bonchev–Trinajstić information content (AvgIpc) is 3.10. The molecule has 0 spiro atoms. The summed E-state index contributed by atoms with van der Waals surface area (Å²) in [5.74, 6) is -0.106. The number of ketones is 1. The lowest BCUT2D eigenvalue weighted by atomic mass is 9.69. The van der Waals surface area contributed by atoms with Gasteiger partial charge in [0, 0.05) is 16.3 Å². The quantitative estimate of drug-likeness (QED) is 0.395. The van der Waals surface area contributed by atoms with Gasteiger partial charge in [0.1, 0.15) is 5.41 Å². The van der Waals surface area contributed by atoms with E-state index >= 15 is 0 Å². The minimum Gasteiger partial charge on any atom is -0.293 e. The second-order valence-corrected chi connectivity index (χ2v) is 8.04. The van der Waals surface area contributed by atoms with Gasteiger partial charge < -0.3 is 0 Å². The molecule has 0 saturated carbocycles. The van der Waals surface area contributed by atoms with Crippen LogP contribution in [0, 0.1) is 5.41 Å². The second kappa shape index (κ2) is 6.70. The minimum atomic E-state index is -1.06. The summed E-state index contributed by atoms with van der Waals surface area (Å²) in [4.78, 5) is 28.0. The maximum absolute atomic E-state index is 14.1. The molecule has 0 fully saturated rings. The molecular weight excluding hydrogens is 358 g/mol. The Hall–Kier alpha value is -3.20. The van der Waals surface area contributed by atoms with Crippen molar-refractivity contribution in [1.29, 1.82) is 0 Å². The number of carbonyl (C=O) groups excluding carboxylic acids is 2. The first-order valence-electron chi connectivity index (χ1n) is 10.3. The predicted molar refractivity (Wildman–Crippen MR) is 117 cm³/mol. The fourth-order valence-electron chi connectivity index (χ4n) is 4.87. The molecule has 4 aromatic rings. The highest BCUT2D eigenvalue weighted by Crippen LogP contribution is 2.44. The van der Waals surface area contributed by atoms with Gasteiger partial charge in [0.05, 0.1) is 11.0 Å². The molecule has 3 aromatic carbocycles. The van der Waals surface area contributed by atoms with Crippen molar-refractivity contribution in [2.24, 2.45) is 5.41 Å². The van der Waals surface area contributed by atoms with E-state index in [1.165, 1.54) is 0 Å². The summed E-state index contributed by atoms with van der Waals surface area (Å²) in [6, 6.07) is 23.7. The summed E-state index contributed by atoms with van der Waals surface area (Å²) >= 11 is 0. The van der Waals surface area contributed by atoms with E-state index in [4.69, 9.17) is 0 Å². The van der Waals surface area contributed by atoms with Gasteiger partial charge in [-0.3, -0.25) is 14.2 Å². The van der Waals surface area contributed by atoms with Crippen LogP contribution in [0.1, 0.15) is 46.9 Å². The zero-order valence-electron chi connectivity index (χ0n) is 16.5. The molecule has 3 heteroatoms. The number of benzene rings is 3. The Bertz CT molecular complexity index is 1250. The summed E-state index contributed by atoms with van der Waals surface area (Å²) in [6.45, 7) is 2.10. The van der Waals surface area contributed by atoms with Gasteiger partial charge in [0.15, 0.2) is 5.78 Å². The Morgan fingerprint density at radius 2 is 1.55 bits per heavy atom. The molecule has 0 N–H and O–H groups in total. The monoisotopic (exact) mass is 381 g/mol. The van der Waals surface area contributed by atoms with Gasteiger partial charge in [-0.1, -0.05) is 80.4 Å². The highest BCUT2D eigenvalue weighted by Gasteiger charge is 2.50. The molecule has 1 aromatic heterocycles. The van der Waals surface area contributed by atoms with Crippen LogP contribution in [-0.2, 0) is 6.42 Å². The largest absolute Gasteiger partial charge is 0.293 e. The molecule has 2 heterocycles. The van der Waals surface area contributed by atoms with Crippen molar-refractivity contribution in [1.82, 2.24) is 4.57 Å². The number of nitrogens with zero attached hydrogens (tertiary/aromatic N) is 1. The fourth-order valence-corrected chi connectivity index (χ4v) is 4.87. The number of para-hydroxylation sites is 2. The van der Waals surface area contributed by atoms with Crippen molar-refractivity contribution in [3.8, 4) is 0 Å². The molecule has 29 heavy (non-hydrogen) atoms. The minimum absolute atomic E-state index is 0.0271. The Morgan fingerprint density at radius 1 is 0.828 bits per heavy atom. The average molecular weight is 381 g/mol. The molecule has 0 amide bonds. The van der Waals surface area contributed by atoms with E-state index in [0.717, 1.165) is 40.2 Å². The van der Waals surface area contributed by atoms with Crippen molar-refractivity contribution in [3.63, 3.8) is 0 Å².